The van der Waals surface area contributed by atoms with Crippen LogP contribution < -0.4 is 0 Å². The van der Waals surface area contributed by atoms with Crippen molar-refractivity contribution >= 4 is 0 Å². The average molecular weight is 220 g/mol. The molecule has 1 nitrogen and oxygen atoms in total. The molecule has 0 aliphatic heterocycles. The van der Waals surface area contributed by atoms with Crippen LogP contribution in [0.3, 0.4) is 0 Å². The van der Waals surface area contributed by atoms with Crippen molar-refractivity contribution in [3.63, 3.8) is 0 Å². The third kappa shape index (κ3) is 3.64. The van der Waals surface area contributed by atoms with Gasteiger partial charge >= 0.3 is 0 Å². The van der Waals surface area contributed by atoms with E-state index in [1.165, 1.54) is 24.0 Å². The second-order valence-electron chi connectivity index (χ2n) is 5.01. The zero-order valence-electron chi connectivity index (χ0n) is 11.0. The molecule has 1 N–H and O–H groups in total. The van der Waals surface area contributed by atoms with Gasteiger partial charge in [-0.2, -0.15) is 0 Å². The van der Waals surface area contributed by atoms with E-state index in [1.54, 1.807) is 0 Å². The van der Waals surface area contributed by atoms with Crippen LogP contribution in [0.5, 0.6) is 0 Å². The van der Waals surface area contributed by atoms with E-state index >= 15 is 0 Å². The molecule has 0 fully saturated rings. The molecule has 0 bridgehead atoms. The molecule has 0 radical (unpaired) electrons. The van der Waals surface area contributed by atoms with Gasteiger partial charge in [-0.15, -0.1) is 0 Å². The Balaban J connectivity index is 2.72. The van der Waals surface area contributed by atoms with Crippen molar-refractivity contribution in [2.75, 3.05) is 0 Å². The van der Waals surface area contributed by atoms with Gasteiger partial charge in [-0.05, 0) is 37.3 Å². The van der Waals surface area contributed by atoms with E-state index in [2.05, 4.69) is 45.9 Å². The Morgan fingerprint density at radius 3 is 2.56 bits per heavy atom. The molecule has 16 heavy (non-hydrogen) atoms. The SMILES string of the molecule is CCCC(C)CC(O)c1cc(C)ccc1C. The van der Waals surface area contributed by atoms with E-state index in [9.17, 15) is 5.11 Å². The van der Waals surface area contributed by atoms with E-state index in [0.717, 1.165) is 12.0 Å². The maximum absolute atomic E-state index is 10.2. The van der Waals surface area contributed by atoms with Crippen molar-refractivity contribution in [2.45, 2.75) is 53.1 Å². The summed E-state index contributed by atoms with van der Waals surface area (Å²) in [6.07, 6.45) is 2.96. The van der Waals surface area contributed by atoms with Crippen LogP contribution in [-0.2, 0) is 0 Å². The van der Waals surface area contributed by atoms with Crippen LogP contribution >= 0.6 is 0 Å². The minimum absolute atomic E-state index is 0.304. The summed E-state index contributed by atoms with van der Waals surface area (Å²) in [5.74, 6) is 0.597. The van der Waals surface area contributed by atoms with Crippen molar-refractivity contribution in [3.8, 4) is 0 Å². The fourth-order valence-electron chi connectivity index (χ4n) is 2.24. The van der Waals surface area contributed by atoms with Crippen molar-refractivity contribution in [2.24, 2.45) is 5.92 Å². The molecule has 0 amide bonds. The molecular formula is C15H24O. The second-order valence-corrected chi connectivity index (χ2v) is 5.01. The van der Waals surface area contributed by atoms with Crippen molar-refractivity contribution < 1.29 is 5.11 Å². The molecule has 0 saturated carbocycles. The quantitative estimate of drug-likeness (QED) is 0.790. The molecule has 1 heteroatoms. The molecule has 0 aromatic heterocycles. The van der Waals surface area contributed by atoms with Crippen LogP contribution in [0.2, 0.25) is 0 Å². The van der Waals surface area contributed by atoms with E-state index in [4.69, 9.17) is 0 Å². The Morgan fingerprint density at radius 1 is 1.25 bits per heavy atom. The zero-order valence-corrected chi connectivity index (χ0v) is 11.0. The fraction of sp³-hybridized carbons (Fsp3) is 0.600. The minimum atomic E-state index is -0.304. The van der Waals surface area contributed by atoms with Gasteiger partial charge in [0.25, 0.3) is 0 Å². The van der Waals surface area contributed by atoms with Crippen LogP contribution in [-0.4, -0.2) is 5.11 Å². The van der Waals surface area contributed by atoms with Gasteiger partial charge in [0.1, 0.15) is 0 Å². The lowest BCUT2D eigenvalue weighted by Crippen LogP contribution is -2.06. The summed E-state index contributed by atoms with van der Waals surface area (Å²) >= 11 is 0. The van der Waals surface area contributed by atoms with Gasteiger partial charge in [0, 0.05) is 0 Å². The standard InChI is InChI=1S/C15H24O/c1-5-6-11(2)10-15(16)14-9-12(3)7-8-13(14)4/h7-9,11,15-16H,5-6,10H2,1-4H3. The summed E-state index contributed by atoms with van der Waals surface area (Å²) < 4.78 is 0. The van der Waals surface area contributed by atoms with Crippen molar-refractivity contribution in [1.29, 1.82) is 0 Å². The Hall–Kier alpha value is -0.820. The number of rotatable bonds is 5. The lowest BCUT2D eigenvalue weighted by Gasteiger charge is -2.18. The summed E-state index contributed by atoms with van der Waals surface area (Å²) in [4.78, 5) is 0. The highest BCUT2D eigenvalue weighted by Gasteiger charge is 2.13. The Bertz CT molecular complexity index is 330. The number of aliphatic hydroxyl groups excluding tert-OH is 1. The van der Waals surface area contributed by atoms with Crippen LogP contribution in [0.25, 0.3) is 0 Å². The molecule has 1 rings (SSSR count). The van der Waals surface area contributed by atoms with Crippen LogP contribution in [0.1, 0.15) is 55.9 Å². The van der Waals surface area contributed by atoms with Gasteiger partial charge in [-0.3, -0.25) is 0 Å². The topological polar surface area (TPSA) is 20.2 Å². The lowest BCUT2D eigenvalue weighted by atomic mass is 9.92. The highest BCUT2D eigenvalue weighted by molar-refractivity contribution is 5.32. The lowest BCUT2D eigenvalue weighted by molar-refractivity contribution is 0.144. The molecule has 0 spiro atoms. The molecule has 2 unspecified atom stereocenters. The Labute approximate surface area is 99.5 Å². The van der Waals surface area contributed by atoms with Gasteiger partial charge in [-0.25, -0.2) is 0 Å². The molecule has 0 saturated heterocycles. The third-order valence-electron chi connectivity index (χ3n) is 3.20. The summed E-state index contributed by atoms with van der Waals surface area (Å²) in [5.41, 5.74) is 3.52. The fourth-order valence-corrected chi connectivity index (χ4v) is 2.24. The average Bonchev–Trinajstić information content (AvgIpc) is 2.21. The van der Waals surface area contributed by atoms with E-state index in [0.29, 0.717) is 5.92 Å². The van der Waals surface area contributed by atoms with Gasteiger partial charge in [0.15, 0.2) is 0 Å². The summed E-state index contributed by atoms with van der Waals surface area (Å²) in [6, 6.07) is 6.30. The highest BCUT2D eigenvalue weighted by Crippen LogP contribution is 2.26. The predicted molar refractivity (Wildman–Crippen MR) is 69.6 cm³/mol. The maximum Gasteiger partial charge on any atom is 0.0795 e. The number of hydrogen-bond acceptors (Lipinski definition) is 1. The monoisotopic (exact) mass is 220 g/mol. The van der Waals surface area contributed by atoms with E-state index in [-0.39, 0.29) is 6.10 Å². The molecule has 0 aliphatic carbocycles. The number of benzene rings is 1. The second kappa shape index (κ2) is 6.05. The van der Waals surface area contributed by atoms with E-state index < -0.39 is 0 Å². The van der Waals surface area contributed by atoms with Crippen molar-refractivity contribution in [3.05, 3.63) is 34.9 Å². The van der Waals surface area contributed by atoms with Gasteiger partial charge in [0.2, 0.25) is 0 Å². The highest BCUT2D eigenvalue weighted by atomic mass is 16.3. The minimum Gasteiger partial charge on any atom is -0.388 e. The first-order valence-electron chi connectivity index (χ1n) is 6.29. The van der Waals surface area contributed by atoms with Crippen molar-refractivity contribution in [1.82, 2.24) is 0 Å². The third-order valence-corrected chi connectivity index (χ3v) is 3.20. The first-order valence-corrected chi connectivity index (χ1v) is 6.29. The molecule has 0 aliphatic rings. The number of hydrogen-bond donors (Lipinski definition) is 1. The number of aryl methyl sites for hydroxylation is 2. The molecule has 1 aromatic carbocycles. The summed E-state index contributed by atoms with van der Waals surface area (Å²) in [6.45, 7) is 8.56. The van der Waals surface area contributed by atoms with Crippen LogP contribution in [0, 0.1) is 19.8 Å². The van der Waals surface area contributed by atoms with Gasteiger partial charge in [0.05, 0.1) is 6.10 Å². The Kier molecular flexibility index (Phi) is 5.01. The molecule has 1 aromatic rings. The molecule has 0 heterocycles. The predicted octanol–water partition coefficient (Wildman–Crippen LogP) is 4.16. The number of aliphatic hydroxyl groups is 1. The summed E-state index contributed by atoms with van der Waals surface area (Å²) in [5, 5.41) is 10.2. The molecular weight excluding hydrogens is 196 g/mol. The smallest absolute Gasteiger partial charge is 0.0795 e. The summed E-state index contributed by atoms with van der Waals surface area (Å²) in [7, 11) is 0. The normalized spacial score (nSPS) is 14.8. The first kappa shape index (κ1) is 13.2. The largest absolute Gasteiger partial charge is 0.388 e. The molecule has 2 atom stereocenters. The van der Waals surface area contributed by atoms with Crippen LogP contribution in [0.4, 0.5) is 0 Å². The Morgan fingerprint density at radius 2 is 1.94 bits per heavy atom. The maximum atomic E-state index is 10.2. The molecule has 90 valence electrons. The van der Waals surface area contributed by atoms with Gasteiger partial charge < -0.3 is 5.11 Å². The zero-order chi connectivity index (χ0) is 12.1. The van der Waals surface area contributed by atoms with E-state index in [1.807, 2.05) is 0 Å². The van der Waals surface area contributed by atoms with Crippen LogP contribution in [0.15, 0.2) is 18.2 Å². The van der Waals surface area contributed by atoms with Gasteiger partial charge in [-0.1, -0.05) is 50.5 Å². The first-order chi connectivity index (χ1) is 7.54.